The highest BCUT2D eigenvalue weighted by molar-refractivity contribution is 8.80. The summed E-state index contributed by atoms with van der Waals surface area (Å²) in [6.07, 6.45) is 0. The fourth-order valence-corrected chi connectivity index (χ4v) is 6.96. The molecule has 2 fully saturated rings. The van der Waals surface area contributed by atoms with Gasteiger partial charge in [0, 0.05) is 33.5 Å². The second-order valence-electron chi connectivity index (χ2n) is 2.53. The van der Waals surface area contributed by atoms with Crippen molar-refractivity contribution in [1.29, 1.82) is 0 Å². The van der Waals surface area contributed by atoms with Crippen molar-refractivity contribution in [2.45, 2.75) is 10.5 Å². The van der Waals surface area contributed by atoms with Crippen LogP contribution in [0, 0.1) is 0 Å². The van der Waals surface area contributed by atoms with Gasteiger partial charge < -0.3 is 0 Å². The second kappa shape index (κ2) is 4.84. The maximum Gasteiger partial charge on any atom is 0.0349 e. The van der Waals surface area contributed by atoms with Crippen LogP contribution < -0.4 is 0 Å². The summed E-state index contributed by atoms with van der Waals surface area (Å²) in [5.41, 5.74) is 0. The molecular formula is C6H10S5. The van der Waals surface area contributed by atoms with Crippen molar-refractivity contribution in [3.05, 3.63) is 0 Å². The van der Waals surface area contributed by atoms with Gasteiger partial charge in [-0.3, -0.25) is 0 Å². The fourth-order valence-electron chi connectivity index (χ4n) is 0.652. The third-order valence-corrected chi connectivity index (χ3v) is 8.53. The average Bonchev–Trinajstić information content (AvgIpc) is 2.66. The van der Waals surface area contributed by atoms with E-state index in [0.29, 0.717) is 0 Å². The van der Waals surface area contributed by atoms with Gasteiger partial charge in [0.25, 0.3) is 0 Å². The third kappa shape index (κ3) is 3.55. The van der Waals surface area contributed by atoms with Crippen molar-refractivity contribution < 1.29 is 0 Å². The summed E-state index contributed by atoms with van der Waals surface area (Å²) in [4.78, 5) is 0. The van der Waals surface area contributed by atoms with Crippen molar-refractivity contribution in [2.75, 3.05) is 23.0 Å². The number of hydrogen-bond acceptors (Lipinski definition) is 5. The quantitative estimate of drug-likeness (QED) is 0.411. The Kier molecular flexibility index (Phi) is 4.10. The molecule has 2 unspecified atom stereocenters. The van der Waals surface area contributed by atoms with Crippen LogP contribution in [-0.2, 0) is 0 Å². The van der Waals surface area contributed by atoms with Gasteiger partial charge in [-0.15, -0.1) is 0 Å². The average molecular weight is 242 g/mol. The van der Waals surface area contributed by atoms with Crippen LogP contribution in [0.1, 0.15) is 0 Å². The zero-order valence-corrected chi connectivity index (χ0v) is 10.1. The van der Waals surface area contributed by atoms with E-state index in [1.807, 2.05) is 10.8 Å². The summed E-state index contributed by atoms with van der Waals surface area (Å²) in [5, 5.41) is 1.97. The van der Waals surface area contributed by atoms with Crippen molar-refractivity contribution in [3.63, 3.8) is 0 Å². The molecule has 0 spiro atoms. The molecule has 0 saturated carbocycles. The number of hydrogen-bond donors (Lipinski definition) is 0. The van der Waals surface area contributed by atoms with Crippen molar-refractivity contribution in [2.24, 2.45) is 0 Å². The van der Waals surface area contributed by atoms with Crippen molar-refractivity contribution >= 4 is 54.9 Å². The first-order chi connectivity index (χ1) is 5.45. The topological polar surface area (TPSA) is 0 Å². The van der Waals surface area contributed by atoms with Gasteiger partial charge in [0.1, 0.15) is 0 Å². The Balaban J connectivity index is 1.40. The zero-order chi connectivity index (χ0) is 7.52. The largest absolute Gasteiger partial charge is 0.156 e. The standard InChI is InChI=1S/C6H10S5/c1-5(7-1)2-8-9-3-6-4-10-11-6/h5-6H,1-4H2. The molecule has 2 heterocycles. The van der Waals surface area contributed by atoms with E-state index in [1.54, 1.807) is 0 Å². The number of rotatable bonds is 5. The Morgan fingerprint density at radius 3 is 2.18 bits per heavy atom. The summed E-state index contributed by atoms with van der Waals surface area (Å²) in [6, 6.07) is 0. The SMILES string of the molecule is C(SSCC1CSS1)C1CS1. The Morgan fingerprint density at radius 1 is 1.09 bits per heavy atom. The normalized spacial score (nSPS) is 34.9. The number of thioether (sulfide) groups is 1. The van der Waals surface area contributed by atoms with Gasteiger partial charge >= 0.3 is 0 Å². The van der Waals surface area contributed by atoms with Gasteiger partial charge in [0.05, 0.1) is 0 Å². The molecule has 0 radical (unpaired) electrons. The molecule has 0 aliphatic carbocycles. The predicted molar refractivity (Wildman–Crippen MR) is 65.0 cm³/mol. The molecule has 0 aromatic carbocycles. The van der Waals surface area contributed by atoms with Gasteiger partial charge in [-0.25, -0.2) is 0 Å². The highest BCUT2D eigenvalue weighted by Crippen LogP contribution is 2.44. The molecule has 2 atom stereocenters. The molecule has 5 heteroatoms. The minimum Gasteiger partial charge on any atom is -0.156 e. The van der Waals surface area contributed by atoms with E-state index in [0.717, 1.165) is 10.5 Å². The maximum atomic E-state index is 2.10. The Labute approximate surface area is 88.0 Å². The lowest BCUT2D eigenvalue weighted by atomic mass is 10.5. The maximum absolute atomic E-state index is 2.10. The third-order valence-electron chi connectivity index (χ3n) is 1.45. The molecule has 2 rings (SSSR count). The molecule has 0 aromatic rings. The molecule has 2 saturated heterocycles. The lowest BCUT2D eigenvalue weighted by Gasteiger charge is -2.22. The molecular weight excluding hydrogens is 232 g/mol. The van der Waals surface area contributed by atoms with Gasteiger partial charge in [0.2, 0.25) is 0 Å². The summed E-state index contributed by atoms with van der Waals surface area (Å²) in [7, 11) is 8.22. The fraction of sp³-hybridized carbons (Fsp3) is 1.00. The molecule has 0 N–H and O–H groups in total. The first kappa shape index (κ1) is 9.31. The minimum absolute atomic E-state index is 0.962. The van der Waals surface area contributed by atoms with Gasteiger partial charge in [-0.05, 0) is 0 Å². The van der Waals surface area contributed by atoms with E-state index >= 15 is 0 Å². The second-order valence-corrected chi connectivity index (χ2v) is 9.13. The van der Waals surface area contributed by atoms with Crippen LogP contribution in [0.2, 0.25) is 0 Å². The van der Waals surface area contributed by atoms with E-state index in [4.69, 9.17) is 0 Å². The molecule has 64 valence electrons. The molecule has 0 amide bonds. The summed E-state index contributed by atoms with van der Waals surface area (Å²) < 4.78 is 0. The Bertz CT molecular complexity index is 120. The van der Waals surface area contributed by atoms with Gasteiger partial charge in [-0.2, -0.15) is 11.8 Å². The summed E-state index contributed by atoms with van der Waals surface area (Å²) in [5.74, 6) is 5.54. The highest BCUT2D eigenvalue weighted by Gasteiger charge is 2.23. The molecule has 0 bridgehead atoms. The van der Waals surface area contributed by atoms with Crippen LogP contribution in [0.15, 0.2) is 0 Å². The zero-order valence-electron chi connectivity index (χ0n) is 6.02. The van der Waals surface area contributed by atoms with Crippen molar-refractivity contribution in [1.82, 2.24) is 0 Å². The highest BCUT2D eigenvalue weighted by atomic mass is 33.1. The van der Waals surface area contributed by atoms with Crippen molar-refractivity contribution in [3.8, 4) is 0 Å². The summed E-state index contributed by atoms with van der Waals surface area (Å²) >= 11 is 2.10. The Hall–Kier alpha value is 1.75. The first-order valence-corrected chi connectivity index (χ1v) is 9.51. The van der Waals surface area contributed by atoms with Crippen LogP contribution in [0.4, 0.5) is 0 Å². The molecule has 11 heavy (non-hydrogen) atoms. The van der Waals surface area contributed by atoms with Crippen LogP contribution in [0.25, 0.3) is 0 Å². The predicted octanol–water partition coefficient (Wildman–Crippen LogP) is 3.25. The van der Waals surface area contributed by atoms with E-state index in [1.165, 1.54) is 23.0 Å². The lowest BCUT2D eigenvalue weighted by molar-refractivity contribution is 1.15. The van der Waals surface area contributed by atoms with E-state index in [2.05, 4.69) is 44.1 Å². The van der Waals surface area contributed by atoms with Gasteiger partial charge in [0.15, 0.2) is 0 Å². The summed E-state index contributed by atoms with van der Waals surface area (Å²) in [6.45, 7) is 0. The Morgan fingerprint density at radius 2 is 1.73 bits per heavy atom. The molecule has 0 nitrogen and oxygen atoms in total. The smallest absolute Gasteiger partial charge is 0.0349 e. The monoisotopic (exact) mass is 242 g/mol. The van der Waals surface area contributed by atoms with Crippen LogP contribution in [0.3, 0.4) is 0 Å². The van der Waals surface area contributed by atoms with Crippen LogP contribution >= 0.6 is 54.9 Å². The van der Waals surface area contributed by atoms with E-state index < -0.39 is 0 Å². The first-order valence-electron chi connectivity index (χ1n) is 3.59. The molecule has 2 aliphatic heterocycles. The molecule has 0 aromatic heterocycles. The van der Waals surface area contributed by atoms with Crippen LogP contribution in [0.5, 0.6) is 0 Å². The van der Waals surface area contributed by atoms with E-state index in [9.17, 15) is 0 Å². The van der Waals surface area contributed by atoms with Gasteiger partial charge in [-0.1, -0.05) is 43.2 Å². The van der Waals surface area contributed by atoms with E-state index in [-0.39, 0.29) is 0 Å². The molecule has 2 aliphatic rings. The minimum atomic E-state index is 0.962. The lowest BCUT2D eigenvalue weighted by Crippen LogP contribution is -2.14. The van der Waals surface area contributed by atoms with Crippen LogP contribution in [-0.4, -0.2) is 33.5 Å².